The summed E-state index contributed by atoms with van der Waals surface area (Å²) in [5.74, 6) is 1.86. The van der Waals surface area contributed by atoms with Gasteiger partial charge in [-0.25, -0.2) is 0 Å². The number of nitrogens with zero attached hydrogens (tertiary/aromatic N) is 2. The Kier molecular flexibility index (Phi) is 8.51. The maximum absolute atomic E-state index is 10.9. The summed E-state index contributed by atoms with van der Waals surface area (Å²) in [5, 5.41) is 10.9. The van der Waals surface area contributed by atoms with E-state index in [4.69, 9.17) is 13.9 Å². The molecular formula is C38H31N2O5+. The number of rotatable bonds is 10. The number of hydrogen-bond acceptors (Lipinski definition) is 5. The molecule has 222 valence electrons. The van der Waals surface area contributed by atoms with Crippen molar-refractivity contribution in [3.63, 3.8) is 0 Å². The van der Waals surface area contributed by atoms with Gasteiger partial charge in [0.25, 0.3) is 0 Å². The quantitative estimate of drug-likeness (QED) is 0.0690. The summed E-state index contributed by atoms with van der Waals surface area (Å²) in [6, 6.07) is 42.4. The van der Waals surface area contributed by atoms with Gasteiger partial charge in [-0.3, -0.25) is 10.1 Å². The fraction of sp³-hybridized carbons (Fsp3) is 0.0789. The molecule has 0 spiro atoms. The minimum atomic E-state index is -0.531. The summed E-state index contributed by atoms with van der Waals surface area (Å²) < 4.78 is 18.1. The highest BCUT2D eigenvalue weighted by atomic mass is 16.6. The standard InChI is InChI=1S/C38H31N2O5/c1-43-33-16-12-31(13-17-33)38(32-14-18-34(44-2)19-15-32)37(29-6-4-3-5-7-29)30-10-8-27(9-11-30)28-22-24-39(25-23-28)26-35-20-21-36(45-35)40(41)42/h3-25H,26H2,1-2H3/q+1. The maximum Gasteiger partial charge on any atom is 0.433 e. The molecule has 0 bridgehead atoms. The average molecular weight is 596 g/mol. The second-order valence-corrected chi connectivity index (χ2v) is 10.4. The van der Waals surface area contributed by atoms with Crippen LogP contribution >= 0.6 is 0 Å². The van der Waals surface area contributed by atoms with Crippen molar-refractivity contribution in [2.24, 2.45) is 0 Å². The molecule has 2 aromatic heterocycles. The Labute approximate surface area is 261 Å². The van der Waals surface area contributed by atoms with Crippen LogP contribution in [0.15, 0.2) is 144 Å². The van der Waals surface area contributed by atoms with Gasteiger partial charge < -0.3 is 13.9 Å². The lowest BCUT2D eigenvalue weighted by molar-refractivity contribution is -0.690. The van der Waals surface area contributed by atoms with Gasteiger partial charge in [0.05, 0.1) is 20.3 Å². The molecule has 0 saturated carbocycles. The van der Waals surface area contributed by atoms with E-state index in [0.29, 0.717) is 12.3 Å². The number of hydrogen-bond donors (Lipinski definition) is 0. The Morgan fingerprint density at radius 3 is 1.56 bits per heavy atom. The number of methoxy groups -OCH3 is 2. The van der Waals surface area contributed by atoms with Crippen LogP contribution in [0, 0.1) is 10.1 Å². The molecule has 0 aliphatic heterocycles. The summed E-state index contributed by atoms with van der Waals surface area (Å²) in [6.07, 6.45) is 3.89. The minimum absolute atomic E-state index is 0.256. The highest BCUT2D eigenvalue weighted by Crippen LogP contribution is 2.38. The first-order valence-electron chi connectivity index (χ1n) is 14.4. The molecule has 7 heteroatoms. The Balaban J connectivity index is 1.39. The van der Waals surface area contributed by atoms with Gasteiger partial charge in [-0.15, -0.1) is 0 Å². The van der Waals surface area contributed by atoms with Gasteiger partial charge in [0.15, 0.2) is 18.2 Å². The molecule has 4 aromatic carbocycles. The van der Waals surface area contributed by atoms with Gasteiger partial charge in [0.1, 0.15) is 16.4 Å². The van der Waals surface area contributed by atoms with Crippen LogP contribution in [0.5, 0.6) is 11.5 Å². The number of nitro groups is 1. The predicted molar refractivity (Wildman–Crippen MR) is 174 cm³/mol. The highest BCUT2D eigenvalue weighted by molar-refractivity contribution is 6.04. The summed E-state index contributed by atoms with van der Waals surface area (Å²) >= 11 is 0. The van der Waals surface area contributed by atoms with E-state index in [9.17, 15) is 10.1 Å². The molecule has 2 heterocycles. The molecule has 6 rings (SSSR count). The molecule has 0 atom stereocenters. The van der Waals surface area contributed by atoms with E-state index >= 15 is 0 Å². The van der Waals surface area contributed by atoms with Crippen LogP contribution in [0.25, 0.3) is 22.3 Å². The second kappa shape index (κ2) is 13.1. The first-order chi connectivity index (χ1) is 22.0. The van der Waals surface area contributed by atoms with Gasteiger partial charge in [0.2, 0.25) is 6.54 Å². The Bertz CT molecular complexity index is 1880. The van der Waals surface area contributed by atoms with E-state index in [2.05, 4.69) is 72.8 Å². The summed E-state index contributed by atoms with van der Waals surface area (Å²) in [6.45, 7) is 0.401. The Hall–Kier alpha value is -5.95. The van der Waals surface area contributed by atoms with Gasteiger partial charge in [0, 0.05) is 12.1 Å². The predicted octanol–water partition coefficient (Wildman–Crippen LogP) is 8.22. The summed E-state index contributed by atoms with van der Waals surface area (Å²) in [7, 11) is 3.34. The molecule has 0 amide bonds. The molecule has 0 fully saturated rings. The third-order valence-electron chi connectivity index (χ3n) is 7.63. The van der Waals surface area contributed by atoms with Crippen molar-refractivity contribution in [1.29, 1.82) is 0 Å². The molecule has 0 aliphatic carbocycles. The third-order valence-corrected chi connectivity index (χ3v) is 7.63. The molecule has 0 N–H and O–H groups in total. The molecule has 45 heavy (non-hydrogen) atoms. The Morgan fingerprint density at radius 2 is 1.09 bits per heavy atom. The van der Waals surface area contributed by atoms with Crippen molar-refractivity contribution < 1.29 is 23.4 Å². The first kappa shape index (κ1) is 29.1. The fourth-order valence-corrected chi connectivity index (χ4v) is 5.35. The van der Waals surface area contributed by atoms with E-state index in [1.807, 2.05) is 59.4 Å². The summed E-state index contributed by atoms with van der Waals surface area (Å²) in [5.41, 5.74) is 8.65. The second-order valence-electron chi connectivity index (χ2n) is 10.4. The normalized spacial score (nSPS) is 10.7. The molecule has 0 aliphatic rings. The van der Waals surface area contributed by atoms with Crippen molar-refractivity contribution in [1.82, 2.24) is 0 Å². The minimum Gasteiger partial charge on any atom is -0.497 e. The van der Waals surface area contributed by atoms with Crippen LogP contribution in [0.1, 0.15) is 28.0 Å². The van der Waals surface area contributed by atoms with Crippen molar-refractivity contribution in [2.75, 3.05) is 14.2 Å². The number of benzene rings is 4. The van der Waals surface area contributed by atoms with Gasteiger partial charge in [-0.1, -0.05) is 78.9 Å². The molecule has 0 saturated heterocycles. The monoisotopic (exact) mass is 595 g/mol. The fourth-order valence-electron chi connectivity index (χ4n) is 5.35. The van der Waals surface area contributed by atoms with Crippen LogP contribution in [0.4, 0.5) is 5.88 Å². The lowest BCUT2D eigenvalue weighted by Crippen LogP contribution is -2.32. The molecular weight excluding hydrogens is 564 g/mol. The van der Waals surface area contributed by atoms with Crippen LogP contribution in [-0.2, 0) is 6.54 Å². The van der Waals surface area contributed by atoms with Crippen LogP contribution in [0.3, 0.4) is 0 Å². The molecule has 0 unspecified atom stereocenters. The largest absolute Gasteiger partial charge is 0.497 e. The molecule has 6 aromatic rings. The Morgan fingerprint density at radius 1 is 0.622 bits per heavy atom. The number of ether oxygens (including phenoxy) is 2. The number of pyridine rings is 1. The van der Waals surface area contributed by atoms with E-state index < -0.39 is 4.92 Å². The van der Waals surface area contributed by atoms with Crippen molar-refractivity contribution in [2.45, 2.75) is 6.54 Å². The maximum atomic E-state index is 10.9. The first-order valence-corrected chi connectivity index (χ1v) is 14.4. The van der Waals surface area contributed by atoms with E-state index in [-0.39, 0.29) is 5.88 Å². The average Bonchev–Trinajstić information content (AvgIpc) is 3.57. The van der Waals surface area contributed by atoms with Gasteiger partial charge in [-0.05, 0) is 74.9 Å². The summed E-state index contributed by atoms with van der Waals surface area (Å²) in [4.78, 5) is 10.4. The van der Waals surface area contributed by atoms with Crippen LogP contribution in [-0.4, -0.2) is 19.1 Å². The number of aromatic nitrogens is 1. The van der Waals surface area contributed by atoms with E-state index in [1.54, 1.807) is 20.3 Å². The number of furan rings is 1. The van der Waals surface area contributed by atoms with Crippen molar-refractivity contribution in [3.8, 4) is 22.6 Å². The lowest BCUT2D eigenvalue weighted by atomic mass is 9.85. The lowest BCUT2D eigenvalue weighted by Gasteiger charge is -2.19. The van der Waals surface area contributed by atoms with Crippen molar-refractivity contribution >= 4 is 17.0 Å². The zero-order chi connectivity index (χ0) is 31.2. The van der Waals surface area contributed by atoms with Crippen molar-refractivity contribution in [3.05, 3.63) is 178 Å². The van der Waals surface area contributed by atoms with Gasteiger partial charge in [-0.2, -0.15) is 4.57 Å². The van der Waals surface area contributed by atoms with E-state index in [1.165, 1.54) is 6.07 Å². The molecule has 7 nitrogen and oxygen atoms in total. The topological polar surface area (TPSA) is 78.6 Å². The third kappa shape index (κ3) is 6.53. The van der Waals surface area contributed by atoms with Crippen LogP contribution in [0.2, 0.25) is 0 Å². The zero-order valence-electron chi connectivity index (χ0n) is 24.9. The molecule has 0 radical (unpaired) electrons. The van der Waals surface area contributed by atoms with Gasteiger partial charge >= 0.3 is 5.88 Å². The van der Waals surface area contributed by atoms with E-state index in [0.717, 1.165) is 56.0 Å². The smallest absolute Gasteiger partial charge is 0.433 e. The highest BCUT2D eigenvalue weighted by Gasteiger charge is 2.18. The van der Waals surface area contributed by atoms with Crippen LogP contribution < -0.4 is 14.0 Å². The zero-order valence-corrected chi connectivity index (χ0v) is 24.9. The SMILES string of the molecule is COc1ccc(C(=C(c2ccccc2)c2ccc(-c3cc[n+](Cc4ccc([N+](=O)[O-])o4)cc3)cc2)c2ccc(OC)cc2)cc1.